The highest BCUT2D eigenvalue weighted by atomic mass is 35.5. The molecule has 4 atom stereocenters. The van der Waals surface area contributed by atoms with Gasteiger partial charge >= 0.3 is 11.9 Å². The van der Waals surface area contributed by atoms with E-state index in [2.05, 4.69) is 22.4 Å². The number of carbonyl (C=O) groups excluding carboxylic acids is 1. The summed E-state index contributed by atoms with van der Waals surface area (Å²) < 4.78 is 0. The van der Waals surface area contributed by atoms with Gasteiger partial charge in [0.1, 0.15) is 0 Å². The van der Waals surface area contributed by atoms with Crippen LogP contribution in [0.2, 0.25) is 10.0 Å². The Bertz CT molecular complexity index is 1230. The molecule has 2 bridgehead atoms. The third kappa shape index (κ3) is 4.78. The second-order valence-corrected chi connectivity index (χ2v) is 11.0. The standard InChI is InChI=1S/C27H29Cl2N3O5/c1-14-22(26(34)35)25(23-17(28)3-2-4-18(23)29)24(27(36)37)19(30-14)13-21(33)32-9-7-31(8-10-32)20-12-15-5-6-16(20)11-15/h2-6,15-16,20,25,30H,7-13H2,1H3,(H,34,35)(H,36,37). The Morgan fingerprint density at radius 2 is 1.62 bits per heavy atom. The van der Waals surface area contributed by atoms with E-state index in [0.29, 0.717) is 31.0 Å². The van der Waals surface area contributed by atoms with E-state index in [1.165, 1.54) is 25.0 Å². The van der Waals surface area contributed by atoms with E-state index in [1.807, 2.05) is 0 Å². The van der Waals surface area contributed by atoms with Gasteiger partial charge in [0.05, 0.1) is 23.5 Å². The number of carbonyl (C=O) groups is 3. The highest BCUT2D eigenvalue weighted by molar-refractivity contribution is 6.36. The molecule has 37 heavy (non-hydrogen) atoms. The van der Waals surface area contributed by atoms with Gasteiger partial charge < -0.3 is 20.4 Å². The molecular weight excluding hydrogens is 517 g/mol. The zero-order valence-electron chi connectivity index (χ0n) is 20.4. The molecule has 3 N–H and O–H groups in total. The Morgan fingerprint density at radius 1 is 0.973 bits per heavy atom. The van der Waals surface area contributed by atoms with Crippen LogP contribution in [-0.4, -0.2) is 70.1 Å². The zero-order chi connectivity index (χ0) is 26.4. The summed E-state index contributed by atoms with van der Waals surface area (Å²) in [6.45, 7) is 4.26. The van der Waals surface area contributed by atoms with Crippen molar-refractivity contribution in [3.05, 3.63) is 68.5 Å². The van der Waals surface area contributed by atoms with Crippen LogP contribution < -0.4 is 5.32 Å². The summed E-state index contributed by atoms with van der Waals surface area (Å²) in [6.07, 6.45) is 6.86. The van der Waals surface area contributed by atoms with Gasteiger partial charge in [-0.05, 0) is 43.7 Å². The normalized spacial score (nSPS) is 27.6. The number of dihydropyridines is 1. The number of amides is 1. The number of fused-ring (bicyclic) bond motifs is 2. The Kier molecular flexibility index (Phi) is 7.09. The van der Waals surface area contributed by atoms with Gasteiger partial charge in [0.2, 0.25) is 5.91 Å². The number of hydrogen-bond acceptors (Lipinski definition) is 5. The number of hydrogen-bond donors (Lipinski definition) is 3. The van der Waals surface area contributed by atoms with Crippen LogP contribution in [0.15, 0.2) is 52.9 Å². The zero-order valence-corrected chi connectivity index (χ0v) is 21.9. The van der Waals surface area contributed by atoms with E-state index in [9.17, 15) is 24.6 Å². The summed E-state index contributed by atoms with van der Waals surface area (Å²) in [5.41, 5.74) is 0.188. The molecule has 0 aromatic heterocycles. The van der Waals surface area contributed by atoms with Gasteiger partial charge in [-0.2, -0.15) is 0 Å². The average Bonchev–Trinajstić information content (AvgIpc) is 3.47. The third-order valence-corrected chi connectivity index (χ3v) is 8.76. The molecule has 10 heteroatoms. The molecule has 2 aliphatic heterocycles. The van der Waals surface area contributed by atoms with Crippen molar-refractivity contribution in [1.29, 1.82) is 0 Å². The van der Waals surface area contributed by atoms with Gasteiger partial charge in [-0.25, -0.2) is 9.59 Å². The van der Waals surface area contributed by atoms with Crippen molar-refractivity contribution < 1.29 is 24.6 Å². The van der Waals surface area contributed by atoms with Crippen molar-refractivity contribution >= 4 is 41.0 Å². The molecule has 1 aromatic carbocycles. The fourth-order valence-electron chi connectivity index (χ4n) is 6.38. The van der Waals surface area contributed by atoms with E-state index >= 15 is 0 Å². The second-order valence-electron chi connectivity index (χ2n) is 10.2. The van der Waals surface area contributed by atoms with Crippen molar-refractivity contribution in [2.75, 3.05) is 26.2 Å². The van der Waals surface area contributed by atoms with Crippen molar-refractivity contribution in [1.82, 2.24) is 15.1 Å². The molecule has 5 rings (SSSR count). The Morgan fingerprint density at radius 3 is 2.16 bits per heavy atom. The Hall–Kier alpha value is -2.81. The summed E-state index contributed by atoms with van der Waals surface area (Å²) in [6, 6.07) is 5.22. The van der Waals surface area contributed by atoms with Crippen molar-refractivity contribution in [3.8, 4) is 0 Å². The molecular formula is C27H29Cl2N3O5. The molecule has 2 fully saturated rings. The fourth-order valence-corrected chi connectivity index (χ4v) is 7.00. The monoisotopic (exact) mass is 545 g/mol. The average molecular weight is 546 g/mol. The minimum atomic E-state index is -1.34. The molecule has 1 aromatic rings. The largest absolute Gasteiger partial charge is 0.478 e. The lowest BCUT2D eigenvalue weighted by molar-refractivity contribution is -0.133. The van der Waals surface area contributed by atoms with Gasteiger partial charge in [0.15, 0.2) is 0 Å². The van der Waals surface area contributed by atoms with Crippen LogP contribution in [0.1, 0.15) is 37.7 Å². The molecule has 1 saturated carbocycles. The number of rotatable bonds is 6. The minimum Gasteiger partial charge on any atom is -0.478 e. The van der Waals surface area contributed by atoms with Crippen LogP contribution >= 0.6 is 23.2 Å². The van der Waals surface area contributed by atoms with E-state index < -0.39 is 17.9 Å². The van der Waals surface area contributed by atoms with E-state index in [4.69, 9.17) is 23.2 Å². The van der Waals surface area contributed by atoms with Crippen LogP contribution in [-0.2, 0) is 14.4 Å². The van der Waals surface area contributed by atoms with Crippen molar-refractivity contribution in [2.45, 2.75) is 38.1 Å². The number of allylic oxidation sites excluding steroid dienone is 2. The van der Waals surface area contributed by atoms with Crippen LogP contribution in [0.3, 0.4) is 0 Å². The number of halogens is 2. The lowest BCUT2D eigenvalue weighted by Gasteiger charge is -2.40. The molecule has 4 aliphatic rings. The summed E-state index contributed by atoms with van der Waals surface area (Å²) >= 11 is 12.8. The number of carboxylic acids is 2. The minimum absolute atomic E-state index is 0.154. The first-order valence-electron chi connectivity index (χ1n) is 12.5. The van der Waals surface area contributed by atoms with Crippen molar-refractivity contribution in [2.24, 2.45) is 11.8 Å². The highest BCUT2D eigenvalue weighted by Gasteiger charge is 2.42. The Balaban J connectivity index is 1.39. The molecule has 2 aliphatic carbocycles. The highest BCUT2D eigenvalue weighted by Crippen LogP contribution is 2.45. The van der Waals surface area contributed by atoms with Gasteiger partial charge in [0.25, 0.3) is 0 Å². The topological polar surface area (TPSA) is 110 Å². The maximum atomic E-state index is 13.3. The van der Waals surface area contributed by atoms with Gasteiger partial charge in [-0.3, -0.25) is 9.69 Å². The smallest absolute Gasteiger partial charge is 0.334 e. The summed E-state index contributed by atoms with van der Waals surface area (Å²) in [5.74, 6) is -2.78. The number of benzene rings is 1. The van der Waals surface area contributed by atoms with Gasteiger partial charge in [-0.15, -0.1) is 0 Å². The molecule has 2 heterocycles. The maximum absolute atomic E-state index is 13.3. The molecule has 4 unspecified atom stereocenters. The molecule has 8 nitrogen and oxygen atoms in total. The van der Waals surface area contributed by atoms with Crippen LogP contribution in [0.4, 0.5) is 0 Å². The molecule has 1 saturated heterocycles. The van der Waals surface area contributed by atoms with E-state index in [1.54, 1.807) is 17.9 Å². The first kappa shape index (κ1) is 25.8. The Labute approximate surface area is 225 Å². The molecule has 0 radical (unpaired) electrons. The summed E-state index contributed by atoms with van der Waals surface area (Å²) in [7, 11) is 0. The third-order valence-electron chi connectivity index (χ3n) is 8.10. The first-order chi connectivity index (χ1) is 17.7. The number of nitrogens with zero attached hydrogens (tertiary/aromatic N) is 2. The second kappa shape index (κ2) is 10.2. The molecule has 196 valence electrons. The van der Waals surface area contributed by atoms with Crippen LogP contribution in [0, 0.1) is 11.8 Å². The lowest BCUT2D eigenvalue weighted by Crippen LogP contribution is -2.53. The lowest BCUT2D eigenvalue weighted by atomic mass is 9.79. The van der Waals surface area contributed by atoms with Gasteiger partial charge in [-0.1, -0.05) is 41.4 Å². The number of piperazine rings is 1. The molecule has 1 amide bonds. The van der Waals surface area contributed by atoms with Crippen LogP contribution in [0.25, 0.3) is 0 Å². The number of nitrogens with one attached hydrogen (secondary N) is 1. The van der Waals surface area contributed by atoms with E-state index in [0.717, 1.165) is 13.1 Å². The van der Waals surface area contributed by atoms with Gasteiger partial charge in [0, 0.05) is 59.2 Å². The number of aliphatic carboxylic acids is 2. The first-order valence-corrected chi connectivity index (χ1v) is 13.2. The SMILES string of the molecule is CC1=C(C(=O)O)C(c2c(Cl)cccc2Cl)C(C(=O)O)=C(CC(=O)N2CCN(C3CC4C=CC3C4)CC2)N1. The quantitative estimate of drug-likeness (QED) is 0.465. The maximum Gasteiger partial charge on any atom is 0.334 e. The predicted octanol–water partition coefficient (Wildman–Crippen LogP) is 3.88. The van der Waals surface area contributed by atoms with Crippen LogP contribution in [0.5, 0.6) is 0 Å². The predicted molar refractivity (Wildman–Crippen MR) is 139 cm³/mol. The fraction of sp³-hybridized carbons (Fsp3) is 0.444. The van der Waals surface area contributed by atoms with Crippen molar-refractivity contribution in [3.63, 3.8) is 0 Å². The molecule has 0 spiro atoms. The summed E-state index contributed by atoms with van der Waals surface area (Å²) in [4.78, 5) is 42.3. The van der Waals surface area contributed by atoms with E-state index in [-0.39, 0.29) is 50.5 Å². The summed E-state index contributed by atoms with van der Waals surface area (Å²) in [5, 5.41) is 23.4. The number of carboxylic acid groups (broad SMARTS) is 2.